The Kier molecular flexibility index (Phi) is 5.13. The van der Waals surface area contributed by atoms with E-state index in [1.165, 1.54) is 0 Å². The molecule has 0 saturated heterocycles. The number of fused-ring (bicyclic) bond motifs is 1. The molecule has 0 aliphatic heterocycles. The van der Waals surface area contributed by atoms with E-state index < -0.39 is 0 Å². The number of benzene rings is 3. The molecule has 0 aliphatic rings. The number of hydrogen-bond donors (Lipinski definition) is 0. The average Bonchev–Trinajstić information content (AvgIpc) is 2.71. The van der Waals surface area contributed by atoms with Crippen LogP contribution in [0.15, 0.2) is 78.4 Å². The van der Waals surface area contributed by atoms with Gasteiger partial charge in [-0.05, 0) is 40.1 Å². The van der Waals surface area contributed by atoms with Crippen molar-refractivity contribution in [3.05, 3.63) is 89.5 Å². The Labute approximate surface area is 152 Å². The SMILES string of the molecule is COc1ccc2cc(C(/C=C/c3ccccc3)=C(C#N)C#N)ccc2c1. The molecule has 0 saturated carbocycles. The summed E-state index contributed by atoms with van der Waals surface area (Å²) in [5.74, 6) is 0.791. The normalized spacial score (nSPS) is 10.3. The maximum Gasteiger partial charge on any atom is 0.137 e. The average molecular weight is 336 g/mol. The van der Waals surface area contributed by atoms with Crippen molar-refractivity contribution >= 4 is 22.4 Å². The van der Waals surface area contributed by atoms with Crippen molar-refractivity contribution in [2.24, 2.45) is 0 Å². The Balaban J connectivity index is 2.09. The molecule has 0 aliphatic carbocycles. The minimum Gasteiger partial charge on any atom is -0.497 e. The van der Waals surface area contributed by atoms with Gasteiger partial charge >= 0.3 is 0 Å². The highest BCUT2D eigenvalue weighted by Crippen LogP contribution is 2.27. The van der Waals surface area contributed by atoms with Crippen LogP contribution in [0.4, 0.5) is 0 Å². The van der Waals surface area contributed by atoms with E-state index in [4.69, 9.17) is 4.74 Å². The van der Waals surface area contributed by atoms with Crippen molar-refractivity contribution in [1.29, 1.82) is 10.5 Å². The molecule has 3 nitrogen and oxygen atoms in total. The molecule has 0 N–H and O–H groups in total. The molecule has 3 aromatic carbocycles. The summed E-state index contributed by atoms with van der Waals surface area (Å²) in [5.41, 5.74) is 2.53. The highest BCUT2D eigenvalue weighted by molar-refractivity contribution is 5.92. The van der Waals surface area contributed by atoms with E-state index in [0.29, 0.717) is 5.57 Å². The molecule has 3 aromatic rings. The second kappa shape index (κ2) is 7.83. The molecule has 0 atom stereocenters. The van der Waals surface area contributed by atoms with Gasteiger partial charge in [0.25, 0.3) is 0 Å². The van der Waals surface area contributed by atoms with Gasteiger partial charge in [-0.25, -0.2) is 0 Å². The lowest BCUT2D eigenvalue weighted by Crippen LogP contribution is -1.88. The first-order valence-electron chi connectivity index (χ1n) is 8.11. The Bertz CT molecular complexity index is 1060. The standard InChI is InChI=1S/C23H16N2O/c1-26-22-11-10-18-13-20(9-8-19(18)14-22)23(21(15-24)16-25)12-7-17-5-3-2-4-6-17/h2-14H,1H3/b12-7+. The summed E-state index contributed by atoms with van der Waals surface area (Å²) in [4.78, 5) is 0. The topological polar surface area (TPSA) is 56.8 Å². The van der Waals surface area contributed by atoms with Crippen molar-refractivity contribution in [3.8, 4) is 17.9 Å². The largest absolute Gasteiger partial charge is 0.497 e. The van der Waals surface area contributed by atoms with Gasteiger partial charge in [0.2, 0.25) is 0 Å². The third-order valence-electron chi connectivity index (χ3n) is 4.09. The number of ether oxygens (including phenoxy) is 1. The highest BCUT2D eigenvalue weighted by Gasteiger charge is 2.08. The van der Waals surface area contributed by atoms with Crippen LogP contribution in [0.3, 0.4) is 0 Å². The van der Waals surface area contributed by atoms with Crippen molar-refractivity contribution in [2.45, 2.75) is 0 Å². The summed E-state index contributed by atoms with van der Waals surface area (Å²) in [7, 11) is 1.64. The van der Waals surface area contributed by atoms with Crippen molar-refractivity contribution < 1.29 is 4.74 Å². The van der Waals surface area contributed by atoms with Crippen LogP contribution in [0.5, 0.6) is 5.75 Å². The van der Waals surface area contributed by atoms with Crippen LogP contribution in [0.25, 0.3) is 22.4 Å². The lowest BCUT2D eigenvalue weighted by molar-refractivity contribution is 0.415. The summed E-state index contributed by atoms with van der Waals surface area (Å²) in [6, 6.07) is 25.5. The number of rotatable bonds is 4. The molecular weight excluding hydrogens is 320 g/mol. The second-order valence-electron chi connectivity index (χ2n) is 5.68. The zero-order chi connectivity index (χ0) is 18.4. The summed E-state index contributed by atoms with van der Waals surface area (Å²) in [5, 5.41) is 20.8. The highest BCUT2D eigenvalue weighted by atomic mass is 16.5. The van der Waals surface area contributed by atoms with E-state index in [1.807, 2.05) is 91.0 Å². The smallest absolute Gasteiger partial charge is 0.137 e. The first kappa shape index (κ1) is 17.0. The van der Waals surface area contributed by atoms with E-state index in [1.54, 1.807) is 7.11 Å². The lowest BCUT2D eigenvalue weighted by Gasteiger charge is -2.07. The van der Waals surface area contributed by atoms with Crippen LogP contribution in [0.2, 0.25) is 0 Å². The molecule has 0 radical (unpaired) electrons. The number of methoxy groups -OCH3 is 1. The van der Waals surface area contributed by atoms with Gasteiger partial charge in [-0.1, -0.05) is 60.7 Å². The molecule has 0 spiro atoms. The molecule has 0 amide bonds. The molecule has 0 bridgehead atoms. The number of nitrogens with zero attached hydrogens (tertiary/aromatic N) is 2. The van der Waals surface area contributed by atoms with Crippen LogP contribution < -0.4 is 4.74 Å². The van der Waals surface area contributed by atoms with E-state index in [-0.39, 0.29) is 5.57 Å². The molecule has 3 rings (SSSR count). The van der Waals surface area contributed by atoms with Gasteiger partial charge in [0.05, 0.1) is 7.11 Å². The van der Waals surface area contributed by atoms with Gasteiger partial charge in [0.15, 0.2) is 0 Å². The van der Waals surface area contributed by atoms with Crippen molar-refractivity contribution in [1.82, 2.24) is 0 Å². The molecule has 0 heterocycles. The fourth-order valence-corrected chi connectivity index (χ4v) is 2.73. The summed E-state index contributed by atoms with van der Waals surface area (Å²) < 4.78 is 5.25. The van der Waals surface area contributed by atoms with Crippen LogP contribution in [-0.4, -0.2) is 7.11 Å². The molecule has 3 heteroatoms. The zero-order valence-electron chi connectivity index (χ0n) is 14.3. The van der Waals surface area contributed by atoms with Gasteiger partial charge in [-0.2, -0.15) is 10.5 Å². The molecule has 0 fully saturated rings. The Morgan fingerprint density at radius 3 is 2.27 bits per heavy atom. The van der Waals surface area contributed by atoms with E-state index in [2.05, 4.69) is 0 Å². The fraction of sp³-hybridized carbons (Fsp3) is 0.0435. The summed E-state index contributed by atoms with van der Waals surface area (Å²) in [6.45, 7) is 0. The van der Waals surface area contributed by atoms with Crippen LogP contribution in [-0.2, 0) is 0 Å². The lowest BCUT2D eigenvalue weighted by atomic mass is 9.97. The second-order valence-corrected chi connectivity index (χ2v) is 5.68. The van der Waals surface area contributed by atoms with E-state index in [9.17, 15) is 10.5 Å². The van der Waals surface area contributed by atoms with Gasteiger partial charge in [-0.3, -0.25) is 0 Å². The summed E-state index contributed by atoms with van der Waals surface area (Å²) >= 11 is 0. The molecule has 124 valence electrons. The monoisotopic (exact) mass is 336 g/mol. The summed E-state index contributed by atoms with van der Waals surface area (Å²) in [6.07, 6.45) is 3.73. The maximum atomic E-state index is 9.36. The number of hydrogen-bond acceptors (Lipinski definition) is 3. The van der Waals surface area contributed by atoms with Gasteiger partial charge in [0, 0.05) is 5.57 Å². The number of nitriles is 2. The fourth-order valence-electron chi connectivity index (χ4n) is 2.73. The van der Waals surface area contributed by atoms with Crippen molar-refractivity contribution in [2.75, 3.05) is 7.11 Å². The first-order valence-corrected chi connectivity index (χ1v) is 8.11. The third kappa shape index (κ3) is 3.64. The Morgan fingerprint density at radius 1 is 0.885 bits per heavy atom. The van der Waals surface area contributed by atoms with Crippen molar-refractivity contribution in [3.63, 3.8) is 0 Å². The van der Waals surface area contributed by atoms with Crippen LogP contribution in [0, 0.1) is 22.7 Å². The van der Waals surface area contributed by atoms with E-state index >= 15 is 0 Å². The van der Waals surface area contributed by atoms with Crippen LogP contribution >= 0.6 is 0 Å². The number of allylic oxidation sites excluding steroid dienone is 3. The third-order valence-corrected chi connectivity index (χ3v) is 4.09. The zero-order valence-corrected chi connectivity index (χ0v) is 14.3. The van der Waals surface area contributed by atoms with Gasteiger partial charge in [0.1, 0.15) is 23.5 Å². The maximum absolute atomic E-state index is 9.36. The Morgan fingerprint density at radius 2 is 1.58 bits per heavy atom. The molecule has 26 heavy (non-hydrogen) atoms. The molecule has 0 aromatic heterocycles. The molecule has 0 unspecified atom stereocenters. The van der Waals surface area contributed by atoms with E-state index in [0.717, 1.165) is 27.6 Å². The van der Waals surface area contributed by atoms with Gasteiger partial charge < -0.3 is 4.74 Å². The quantitative estimate of drug-likeness (QED) is 0.476. The van der Waals surface area contributed by atoms with Crippen LogP contribution in [0.1, 0.15) is 11.1 Å². The van der Waals surface area contributed by atoms with Gasteiger partial charge in [-0.15, -0.1) is 0 Å². The predicted octanol–water partition coefficient (Wildman–Crippen LogP) is 5.36. The first-order chi connectivity index (χ1) is 12.7. The Hall–Kier alpha value is -3.82. The minimum absolute atomic E-state index is 0.0880. The minimum atomic E-state index is 0.0880. The predicted molar refractivity (Wildman–Crippen MR) is 104 cm³/mol. The molecular formula is C23H16N2O.